The molecule has 0 spiro atoms. The zero-order valence-electron chi connectivity index (χ0n) is 15.4. The second kappa shape index (κ2) is 8.97. The molecule has 1 aliphatic heterocycles. The quantitative estimate of drug-likeness (QED) is 0.840. The minimum atomic E-state index is 0.0775. The van der Waals surface area contributed by atoms with Gasteiger partial charge in [-0.2, -0.15) is 0 Å². The van der Waals surface area contributed by atoms with E-state index in [9.17, 15) is 9.90 Å². The van der Waals surface area contributed by atoms with Gasteiger partial charge in [-0.25, -0.2) is 0 Å². The molecule has 0 atom stereocenters. The van der Waals surface area contributed by atoms with E-state index >= 15 is 0 Å². The van der Waals surface area contributed by atoms with Gasteiger partial charge in [-0.1, -0.05) is 42.5 Å². The first-order valence-electron chi connectivity index (χ1n) is 9.45. The molecular weight excluding hydrogens is 324 g/mol. The summed E-state index contributed by atoms with van der Waals surface area (Å²) in [7, 11) is 1.93. The average Bonchev–Trinajstić information content (AvgIpc) is 2.72. The summed E-state index contributed by atoms with van der Waals surface area (Å²) in [5.74, 6) is 0.563. The van der Waals surface area contributed by atoms with Crippen molar-refractivity contribution in [2.24, 2.45) is 0 Å². The van der Waals surface area contributed by atoms with E-state index in [2.05, 4.69) is 17.4 Å². The Hall–Kier alpha value is -2.17. The lowest BCUT2D eigenvalue weighted by atomic mass is 9.86. The monoisotopic (exact) mass is 352 g/mol. The summed E-state index contributed by atoms with van der Waals surface area (Å²) in [6.07, 6.45) is 2.75. The van der Waals surface area contributed by atoms with Crippen LogP contribution in [-0.4, -0.2) is 42.6 Å². The highest BCUT2D eigenvalue weighted by atomic mass is 16.3. The van der Waals surface area contributed by atoms with Gasteiger partial charge in [0.25, 0.3) is 5.91 Å². The van der Waals surface area contributed by atoms with Crippen LogP contribution < -0.4 is 5.32 Å². The number of nitrogens with zero attached hydrogens (tertiary/aromatic N) is 1. The van der Waals surface area contributed by atoms with Gasteiger partial charge >= 0.3 is 0 Å². The molecule has 2 aromatic rings. The standard InChI is InChI=1S/C22H28N2O2/c1-23-13-10-17-6-2-5-9-21(17)22(26)24-14-11-18(12-15-24)20-8-4-3-7-19(20)16-25/h2-9,18,23,25H,10-16H2,1H3. The van der Waals surface area contributed by atoms with Crippen LogP contribution in [0.2, 0.25) is 0 Å². The van der Waals surface area contributed by atoms with Gasteiger partial charge < -0.3 is 15.3 Å². The summed E-state index contributed by atoms with van der Waals surface area (Å²) in [4.78, 5) is 15.0. The van der Waals surface area contributed by atoms with Crippen LogP contribution in [0.3, 0.4) is 0 Å². The van der Waals surface area contributed by atoms with E-state index in [-0.39, 0.29) is 12.5 Å². The molecule has 2 N–H and O–H groups in total. The molecule has 0 aromatic heterocycles. The minimum Gasteiger partial charge on any atom is -0.392 e. The molecule has 138 valence electrons. The highest BCUT2D eigenvalue weighted by Crippen LogP contribution is 2.31. The molecule has 1 aliphatic rings. The molecule has 1 heterocycles. The van der Waals surface area contributed by atoms with E-state index in [1.807, 2.05) is 48.3 Å². The Balaban J connectivity index is 1.67. The minimum absolute atomic E-state index is 0.0775. The number of piperidine rings is 1. The molecule has 4 nitrogen and oxygen atoms in total. The Kier molecular flexibility index (Phi) is 6.42. The molecule has 26 heavy (non-hydrogen) atoms. The van der Waals surface area contributed by atoms with E-state index in [0.717, 1.165) is 55.6 Å². The van der Waals surface area contributed by atoms with Crippen molar-refractivity contribution in [3.63, 3.8) is 0 Å². The summed E-state index contributed by atoms with van der Waals surface area (Å²) in [6.45, 7) is 2.48. The number of rotatable bonds is 6. The molecule has 0 bridgehead atoms. The number of hydrogen-bond acceptors (Lipinski definition) is 3. The SMILES string of the molecule is CNCCc1ccccc1C(=O)N1CCC(c2ccccc2CO)CC1. The second-order valence-electron chi connectivity index (χ2n) is 6.93. The lowest BCUT2D eigenvalue weighted by molar-refractivity contribution is 0.0711. The molecule has 1 saturated heterocycles. The predicted molar refractivity (Wildman–Crippen MR) is 104 cm³/mol. The number of likely N-dealkylation sites (N-methyl/N-ethyl adjacent to an activating group) is 1. The van der Waals surface area contributed by atoms with Gasteiger partial charge in [0.2, 0.25) is 0 Å². The van der Waals surface area contributed by atoms with Gasteiger partial charge in [-0.05, 0) is 61.5 Å². The number of nitrogens with one attached hydrogen (secondary N) is 1. The zero-order chi connectivity index (χ0) is 18.4. The lowest BCUT2D eigenvalue weighted by Gasteiger charge is -2.33. The number of carbonyl (C=O) groups excluding carboxylic acids is 1. The van der Waals surface area contributed by atoms with E-state index < -0.39 is 0 Å². The van der Waals surface area contributed by atoms with Crippen molar-refractivity contribution in [1.29, 1.82) is 0 Å². The van der Waals surface area contributed by atoms with Gasteiger partial charge in [-0.15, -0.1) is 0 Å². The number of aliphatic hydroxyl groups excluding tert-OH is 1. The van der Waals surface area contributed by atoms with Gasteiger partial charge in [0.05, 0.1) is 6.61 Å². The highest BCUT2D eigenvalue weighted by molar-refractivity contribution is 5.95. The van der Waals surface area contributed by atoms with Crippen molar-refractivity contribution in [3.8, 4) is 0 Å². The topological polar surface area (TPSA) is 52.6 Å². The predicted octanol–water partition coefficient (Wildman–Crippen LogP) is 2.96. The zero-order valence-corrected chi connectivity index (χ0v) is 15.4. The first-order chi connectivity index (χ1) is 12.7. The van der Waals surface area contributed by atoms with Gasteiger partial charge in [-0.3, -0.25) is 4.79 Å². The van der Waals surface area contributed by atoms with Gasteiger partial charge in [0.15, 0.2) is 0 Å². The van der Waals surface area contributed by atoms with Crippen molar-refractivity contribution >= 4 is 5.91 Å². The summed E-state index contributed by atoms with van der Waals surface area (Å²) in [5.41, 5.74) is 4.18. The largest absolute Gasteiger partial charge is 0.392 e. The third kappa shape index (κ3) is 4.14. The van der Waals surface area contributed by atoms with Crippen LogP contribution in [0.25, 0.3) is 0 Å². The Morgan fingerprint density at radius 2 is 1.73 bits per heavy atom. The van der Waals surface area contributed by atoms with Crippen LogP contribution in [0.1, 0.15) is 45.8 Å². The van der Waals surface area contributed by atoms with Crippen LogP contribution in [0.15, 0.2) is 48.5 Å². The normalized spacial score (nSPS) is 15.2. The Morgan fingerprint density at radius 3 is 2.42 bits per heavy atom. The second-order valence-corrected chi connectivity index (χ2v) is 6.93. The summed E-state index contributed by atoms with van der Waals surface area (Å²) >= 11 is 0. The number of likely N-dealkylation sites (tertiary alicyclic amines) is 1. The maximum absolute atomic E-state index is 13.0. The van der Waals surface area contributed by atoms with Crippen LogP contribution in [0, 0.1) is 0 Å². The molecule has 1 fully saturated rings. The fourth-order valence-electron chi connectivity index (χ4n) is 3.85. The van der Waals surface area contributed by atoms with Gasteiger partial charge in [0.1, 0.15) is 0 Å². The third-order valence-corrected chi connectivity index (χ3v) is 5.34. The average molecular weight is 352 g/mol. The van der Waals surface area contributed by atoms with Crippen molar-refractivity contribution in [3.05, 3.63) is 70.8 Å². The summed E-state index contributed by atoms with van der Waals surface area (Å²) in [6, 6.07) is 16.0. The first kappa shape index (κ1) is 18.6. The number of aliphatic hydroxyl groups is 1. The van der Waals surface area contributed by atoms with E-state index in [1.165, 1.54) is 5.56 Å². The first-order valence-corrected chi connectivity index (χ1v) is 9.45. The van der Waals surface area contributed by atoms with Gasteiger partial charge in [0, 0.05) is 18.7 Å². The number of amides is 1. The van der Waals surface area contributed by atoms with Crippen molar-refractivity contribution in [2.75, 3.05) is 26.7 Å². The Labute approximate surface area is 155 Å². The highest BCUT2D eigenvalue weighted by Gasteiger charge is 2.26. The molecule has 2 aromatic carbocycles. The number of carbonyl (C=O) groups is 1. The number of hydrogen-bond donors (Lipinski definition) is 2. The van der Waals surface area contributed by atoms with Crippen LogP contribution in [-0.2, 0) is 13.0 Å². The smallest absolute Gasteiger partial charge is 0.254 e. The number of benzene rings is 2. The summed E-state index contributed by atoms with van der Waals surface area (Å²) < 4.78 is 0. The molecule has 0 unspecified atom stereocenters. The lowest BCUT2D eigenvalue weighted by Crippen LogP contribution is -2.38. The van der Waals surface area contributed by atoms with Crippen LogP contribution in [0.4, 0.5) is 0 Å². The van der Waals surface area contributed by atoms with E-state index in [1.54, 1.807) is 0 Å². The third-order valence-electron chi connectivity index (χ3n) is 5.34. The van der Waals surface area contributed by atoms with E-state index in [0.29, 0.717) is 5.92 Å². The fourth-order valence-corrected chi connectivity index (χ4v) is 3.85. The molecule has 3 rings (SSSR count). The molecule has 1 amide bonds. The Bertz CT molecular complexity index is 736. The molecular formula is C22H28N2O2. The van der Waals surface area contributed by atoms with Crippen LogP contribution in [0.5, 0.6) is 0 Å². The van der Waals surface area contributed by atoms with Crippen molar-refractivity contribution < 1.29 is 9.90 Å². The van der Waals surface area contributed by atoms with Crippen molar-refractivity contribution in [2.45, 2.75) is 31.8 Å². The fraction of sp³-hybridized carbons (Fsp3) is 0.409. The van der Waals surface area contributed by atoms with Crippen LogP contribution >= 0.6 is 0 Å². The molecule has 0 saturated carbocycles. The Morgan fingerprint density at radius 1 is 1.08 bits per heavy atom. The molecule has 4 heteroatoms. The maximum atomic E-state index is 13.0. The maximum Gasteiger partial charge on any atom is 0.254 e. The molecule has 0 radical (unpaired) electrons. The van der Waals surface area contributed by atoms with E-state index in [4.69, 9.17) is 0 Å². The van der Waals surface area contributed by atoms with Crippen molar-refractivity contribution in [1.82, 2.24) is 10.2 Å². The summed E-state index contributed by atoms with van der Waals surface area (Å²) in [5, 5.41) is 12.7. The molecule has 0 aliphatic carbocycles.